The van der Waals surface area contributed by atoms with Crippen LogP contribution in [0.5, 0.6) is 5.75 Å². The van der Waals surface area contributed by atoms with Gasteiger partial charge in [-0.25, -0.2) is 4.39 Å². The molecule has 0 bridgehead atoms. The Balaban J connectivity index is 2.31. The summed E-state index contributed by atoms with van der Waals surface area (Å²) in [7, 11) is 0. The highest BCUT2D eigenvalue weighted by Gasteiger charge is 2.28. The minimum Gasteiger partial charge on any atom is -0.482 e. The highest BCUT2D eigenvalue weighted by atomic mass is 79.9. The van der Waals surface area contributed by atoms with Crippen molar-refractivity contribution in [2.75, 3.05) is 0 Å². The van der Waals surface area contributed by atoms with Crippen molar-refractivity contribution in [2.45, 2.75) is 25.4 Å². The highest BCUT2D eigenvalue weighted by molar-refractivity contribution is 9.10. The molecule has 0 aromatic heterocycles. The molecule has 0 heterocycles. The molecule has 0 aliphatic heterocycles. The molecule has 96 valence electrons. The van der Waals surface area contributed by atoms with Crippen molar-refractivity contribution in [3.05, 3.63) is 32.5 Å². The van der Waals surface area contributed by atoms with Gasteiger partial charge in [-0.2, -0.15) is 0 Å². The molecule has 0 spiro atoms. The molecule has 7 heteroatoms. The Morgan fingerprint density at radius 2 is 2.22 bits per heavy atom. The Morgan fingerprint density at radius 1 is 1.50 bits per heavy atom. The highest BCUT2D eigenvalue weighted by Crippen LogP contribution is 2.38. The summed E-state index contributed by atoms with van der Waals surface area (Å²) in [5.41, 5.74) is -0.443. The van der Waals surface area contributed by atoms with Gasteiger partial charge in [0.25, 0.3) is 0 Å². The van der Waals surface area contributed by atoms with E-state index in [0.29, 0.717) is 12.8 Å². The van der Waals surface area contributed by atoms with Crippen molar-refractivity contribution >= 4 is 27.4 Å². The number of benzene rings is 1. The zero-order valence-electron chi connectivity index (χ0n) is 9.19. The van der Waals surface area contributed by atoms with Crippen molar-refractivity contribution in [1.82, 2.24) is 0 Å². The third kappa shape index (κ3) is 2.66. The largest absolute Gasteiger partial charge is 0.482 e. The number of ether oxygens (including phenoxy) is 1. The van der Waals surface area contributed by atoms with Crippen molar-refractivity contribution in [1.29, 1.82) is 0 Å². The number of Topliss-reactive ketones (excluding diaryl/α,β-unsaturated/α-hetero) is 1. The van der Waals surface area contributed by atoms with E-state index in [0.717, 1.165) is 12.1 Å². The second kappa shape index (κ2) is 5.01. The predicted octanol–water partition coefficient (Wildman–Crippen LogP) is 3.00. The quantitative estimate of drug-likeness (QED) is 0.634. The van der Waals surface area contributed by atoms with Crippen molar-refractivity contribution in [3.8, 4) is 5.75 Å². The van der Waals surface area contributed by atoms with Crippen LogP contribution in [0.3, 0.4) is 0 Å². The first-order valence-electron chi connectivity index (χ1n) is 5.29. The zero-order chi connectivity index (χ0) is 13.3. The maximum atomic E-state index is 13.1. The second-order valence-corrected chi connectivity index (χ2v) is 4.87. The van der Waals surface area contributed by atoms with Crippen LogP contribution in [-0.2, 0) is 4.79 Å². The van der Waals surface area contributed by atoms with Gasteiger partial charge < -0.3 is 4.74 Å². The SMILES string of the molecule is O=C1CCC(Oc2c(Br)cc(F)cc2[N+](=O)[O-])C1. The van der Waals surface area contributed by atoms with E-state index in [1.807, 2.05) is 0 Å². The number of rotatable bonds is 3. The first-order chi connectivity index (χ1) is 8.47. The number of hydrogen-bond acceptors (Lipinski definition) is 4. The van der Waals surface area contributed by atoms with E-state index in [-0.39, 0.29) is 28.5 Å². The van der Waals surface area contributed by atoms with Gasteiger partial charge >= 0.3 is 5.69 Å². The summed E-state index contributed by atoms with van der Waals surface area (Å²) in [4.78, 5) is 21.2. The number of carbonyl (C=O) groups is 1. The van der Waals surface area contributed by atoms with Crippen molar-refractivity contribution in [2.24, 2.45) is 0 Å². The van der Waals surface area contributed by atoms with E-state index in [9.17, 15) is 19.3 Å². The van der Waals surface area contributed by atoms with Gasteiger partial charge in [0.15, 0.2) is 0 Å². The Morgan fingerprint density at radius 3 is 2.78 bits per heavy atom. The van der Waals surface area contributed by atoms with Crippen LogP contribution in [-0.4, -0.2) is 16.8 Å². The van der Waals surface area contributed by atoms with Crippen LogP contribution in [0.2, 0.25) is 0 Å². The van der Waals surface area contributed by atoms with Crippen LogP contribution in [0.1, 0.15) is 19.3 Å². The molecule has 2 rings (SSSR count). The maximum Gasteiger partial charge on any atom is 0.315 e. The van der Waals surface area contributed by atoms with Crippen LogP contribution in [0.4, 0.5) is 10.1 Å². The summed E-state index contributed by atoms with van der Waals surface area (Å²) in [5, 5.41) is 10.8. The summed E-state index contributed by atoms with van der Waals surface area (Å²) in [6.07, 6.45) is 0.802. The molecule has 0 N–H and O–H groups in total. The normalized spacial score (nSPS) is 19.0. The predicted molar refractivity (Wildman–Crippen MR) is 64.0 cm³/mol. The number of halogens is 2. The van der Waals surface area contributed by atoms with E-state index in [1.165, 1.54) is 0 Å². The molecule has 1 unspecified atom stereocenters. The van der Waals surface area contributed by atoms with Crippen molar-refractivity contribution in [3.63, 3.8) is 0 Å². The lowest BCUT2D eigenvalue weighted by atomic mass is 10.2. The summed E-state index contributed by atoms with van der Waals surface area (Å²) < 4.78 is 18.7. The van der Waals surface area contributed by atoms with Gasteiger partial charge in [-0.3, -0.25) is 14.9 Å². The first-order valence-corrected chi connectivity index (χ1v) is 6.08. The van der Waals surface area contributed by atoms with Crippen LogP contribution in [0, 0.1) is 15.9 Å². The van der Waals surface area contributed by atoms with Gasteiger partial charge in [-0.1, -0.05) is 0 Å². The van der Waals surface area contributed by atoms with E-state index in [4.69, 9.17) is 4.74 Å². The number of nitrogens with zero attached hydrogens (tertiary/aromatic N) is 1. The topological polar surface area (TPSA) is 69.4 Å². The average Bonchev–Trinajstić information content (AvgIpc) is 2.67. The molecule has 1 atom stereocenters. The molecular weight excluding hydrogens is 309 g/mol. The lowest BCUT2D eigenvalue weighted by Gasteiger charge is -2.13. The minimum atomic E-state index is -0.719. The molecule has 0 amide bonds. The van der Waals surface area contributed by atoms with Crippen LogP contribution in [0.25, 0.3) is 0 Å². The molecule has 0 radical (unpaired) electrons. The summed E-state index contributed by atoms with van der Waals surface area (Å²) in [5.74, 6) is -0.676. The van der Waals surface area contributed by atoms with Gasteiger partial charge in [0, 0.05) is 12.8 Å². The van der Waals surface area contributed by atoms with Gasteiger partial charge in [0.1, 0.15) is 17.7 Å². The van der Waals surface area contributed by atoms with Crippen molar-refractivity contribution < 1.29 is 18.8 Å². The fourth-order valence-electron chi connectivity index (χ4n) is 1.85. The number of ketones is 1. The van der Waals surface area contributed by atoms with Gasteiger partial charge in [0.05, 0.1) is 15.5 Å². The fourth-order valence-corrected chi connectivity index (χ4v) is 2.36. The number of hydrogen-bond donors (Lipinski definition) is 0. The van der Waals surface area contributed by atoms with E-state index in [2.05, 4.69) is 15.9 Å². The standard InChI is InChI=1S/C11H9BrFNO4/c12-9-3-6(13)4-10(14(16)17)11(9)18-8-2-1-7(15)5-8/h3-4,8H,1-2,5H2. The monoisotopic (exact) mass is 317 g/mol. The molecule has 0 saturated heterocycles. The van der Waals surface area contributed by atoms with Crippen LogP contribution in [0.15, 0.2) is 16.6 Å². The smallest absolute Gasteiger partial charge is 0.315 e. The van der Waals surface area contributed by atoms with Gasteiger partial charge in [-0.05, 0) is 28.4 Å². The Hall–Kier alpha value is -1.50. The van der Waals surface area contributed by atoms with Crippen LogP contribution >= 0.6 is 15.9 Å². The molecule has 1 aromatic carbocycles. The molecule has 18 heavy (non-hydrogen) atoms. The van der Waals surface area contributed by atoms with E-state index < -0.39 is 16.4 Å². The Kier molecular flexibility index (Phi) is 3.60. The molecular formula is C11H9BrFNO4. The zero-order valence-corrected chi connectivity index (χ0v) is 10.8. The van der Waals surface area contributed by atoms with Crippen LogP contribution < -0.4 is 4.74 Å². The van der Waals surface area contributed by atoms with E-state index in [1.54, 1.807) is 0 Å². The van der Waals surface area contributed by atoms with Gasteiger partial charge in [-0.15, -0.1) is 0 Å². The molecule has 1 aliphatic rings. The average molecular weight is 318 g/mol. The first kappa shape index (κ1) is 12.9. The molecule has 1 saturated carbocycles. The lowest BCUT2D eigenvalue weighted by Crippen LogP contribution is -2.13. The summed E-state index contributed by atoms with van der Waals surface area (Å²) in [6, 6.07) is 1.90. The lowest BCUT2D eigenvalue weighted by molar-refractivity contribution is -0.386. The summed E-state index contributed by atoms with van der Waals surface area (Å²) in [6.45, 7) is 0. The second-order valence-electron chi connectivity index (χ2n) is 4.01. The molecule has 1 fully saturated rings. The number of carbonyl (C=O) groups excluding carboxylic acids is 1. The number of nitro groups is 1. The molecule has 5 nitrogen and oxygen atoms in total. The third-order valence-electron chi connectivity index (χ3n) is 2.67. The Bertz CT molecular complexity index is 520. The Labute approximate surface area is 110 Å². The van der Waals surface area contributed by atoms with E-state index >= 15 is 0 Å². The maximum absolute atomic E-state index is 13.1. The summed E-state index contributed by atoms with van der Waals surface area (Å²) >= 11 is 3.03. The van der Waals surface area contributed by atoms with Gasteiger partial charge in [0.2, 0.25) is 5.75 Å². The molecule has 1 aliphatic carbocycles. The third-order valence-corrected chi connectivity index (χ3v) is 3.26. The fraction of sp³-hybridized carbons (Fsp3) is 0.364. The molecule has 1 aromatic rings. The minimum absolute atomic E-state index is 0.0268. The number of nitro benzene ring substituents is 1.